The first-order valence-corrected chi connectivity index (χ1v) is 8.99. The number of fused-ring (bicyclic) bond motifs is 1. The Morgan fingerprint density at radius 1 is 1.37 bits per heavy atom. The van der Waals surface area contributed by atoms with Crippen LogP contribution in [-0.2, 0) is 31.3 Å². The van der Waals surface area contributed by atoms with Crippen LogP contribution in [0.3, 0.4) is 0 Å². The molecule has 9 nitrogen and oxygen atoms in total. The zero-order chi connectivity index (χ0) is 18.8. The van der Waals surface area contributed by atoms with Gasteiger partial charge in [-0.25, -0.2) is 9.97 Å². The summed E-state index contributed by atoms with van der Waals surface area (Å²) in [6, 6.07) is 0. The van der Waals surface area contributed by atoms with Gasteiger partial charge >= 0.3 is 0 Å². The molecule has 0 saturated carbocycles. The van der Waals surface area contributed by atoms with E-state index < -0.39 is 0 Å². The number of aryl methyl sites for hydroxylation is 1. The maximum atomic E-state index is 12.8. The van der Waals surface area contributed by atoms with Gasteiger partial charge in [0.15, 0.2) is 6.39 Å². The molecule has 0 bridgehead atoms. The number of amides is 1. The number of hydrogen-bond donors (Lipinski definition) is 0. The summed E-state index contributed by atoms with van der Waals surface area (Å²) in [5.41, 5.74) is 4.02. The molecule has 27 heavy (non-hydrogen) atoms. The van der Waals surface area contributed by atoms with E-state index in [1.165, 1.54) is 6.39 Å². The molecule has 1 aliphatic heterocycles. The normalized spacial score (nSPS) is 13.8. The zero-order valence-electron chi connectivity index (χ0n) is 15.5. The standard InChI is InChI=1S/C18H22N6O3/c1-3-26-7-6-24-16-4-5-23(18(25)14-9-22(2)11-19-14)8-13(16)17(21-24)15-10-27-12-20-15/h9-12H,3-8H2,1-2H3. The van der Waals surface area contributed by atoms with Crippen LogP contribution < -0.4 is 0 Å². The molecule has 0 N–H and O–H groups in total. The van der Waals surface area contributed by atoms with Crippen molar-refractivity contribution in [2.45, 2.75) is 26.4 Å². The SMILES string of the molecule is CCOCCn1nc(-c2cocn2)c2c1CCN(C(=O)c1cn(C)cn1)C2. The first-order chi connectivity index (χ1) is 13.2. The predicted octanol–water partition coefficient (Wildman–Crippen LogP) is 1.51. The van der Waals surface area contributed by atoms with Gasteiger partial charge in [0, 0.05) is 44.1 Å². The fourth-order valence-electron chi connectivity index (χ4n) is 3.36. The number of carbonyl (C=O) groups is 1. The lowest BCUT2D eigenvalue weighted by Gasteiger charge is -2.27. The maximum Gasteiger partial charge on any atom is 0.274 e. The molecule has 0 spiro atoms. The molecule has 4 heterocycles. The average Bonchev–Trinajstić information content (AvgIpc) is 3.41. The molecule has 0 radical (unpaired) electrons. The summed E-state index contributed by atoms with van der Waals surface area (Å²) in [4.78, 5) is 23.0. The molecule has 0 aliphatic carbocycles. The highest BCUT2D eigenvalue weighted by molar-refractivity contribution is 5.92. The summed E-state index contributed by atoms with van der Waals surface area (Å²) in [5.74, 6) is -0.0746. The van der Waals surface area contributed by atoms with Crippen molar-refractivity contribution in [2.24, 2.45) is 7.05 Å². The average molecular weight is 370 g/mol. The molecule has 0 fully saturated rings. The number of ether oxygens (including phenoxy) is 1. The Morgan fingerprint density at radius 2 is 2.26 bits per heavy atom. The summed E-state index contributed by atoms with van der Waals surface area (Å²) in [6.45, 7) is 5.01. The quantitative estimate of drug-likeness (QED) is 0.611. The molecule has 0 aromatic carbocycles. The Morgan fingerprint density at radius 3 is 2.96 bits per heavy atom. The highest BCUT2D eigenvalue weighted by Gasteiger charge is 2.30. The molecule has 9 heteroatoms. The summed E-state index contributed by atoms with van der Waals surface area (Å²) in [6.07, 6.45) is 7.07. The van der Waals surface area contributed by atoms with Gasteiger partial charge < -0.3 is 18.6 Å². The Bertz CT molecular complexity index is 927. The minimum absolute atomic E-state index is 0.0746. The lowest BCUT2D eigenvalue weighted by molar-refractivity contribution is 0.0727. The van der Waals surface area contributed by atoms with E-state index in [1.807, 2.05) is 23.6 Å². The highest BCUT2D eigenvalue weighted by atomic mass is 16.5. The van der Waals surface area contributed by atoms with Gasteiger partial charge in [-0.3, -0.25) is 9.48 Å². The van der Waals surface area contributed by atoms with Crippen molar-refractivity contribution in [1.82, 2.24) is 29.2 Å². The monoisotopic (exact) mass is 370 g/mol. The smallest absolute Gasteiger partial charge is 0.274 e. The molecule has 0 saturated heterocycles. The summed E-state index contributed by atoms with van der Waals surface area (Å²) in [5, 5.41) is 4.73. The minimum atomic E-state index is -0.0746. The largest absolute Gasteiger partial charge is 0.451 e. The van der Waals surface area contributed by atoms with E-state index in [-0.39, 0.29) is 5.91 Å². The third-order valence-corrected chi connectivity index (χ3v) is 4.67. The van der Waals surface area contributed by atoms with Crippen LogP contribution in [0.15, 0.2) is 29.6 Å². The first-order valence-electron chi connectivity index (χ1n) is 8.99. The Hall–Kier alpha value is -2.94. The van der Waals surface area contributed by atoms with E-state index in [9.17, 15) is 4.79 Å². The number of nitrogens with zero attached hydrogens (tertiary/aromatic N) is 6. The topological polar surface area (TPSA) is 91.2 Å². The number of carbonyl (C=O) groups excluding carboxylic acids is 1. The molecular weight excluding hydrogens is 348 g/mol. The van der Waals surface area contributed by atoms with Crippen molar-refractivity contribution in [3.05, 3.63) is 42.1 Å². The van der Waals surface area contributed by atoms with Gasteiger partial charge in [-0.2, -0.15) is 5.10 Å². The minimum Gasteiger partial charge on any atom is -0.451 e. The molecule has 0 atom stereocenters. The van der Waals surface area contributed by atoms with Crippen molar-refractivity contribution < 1.29 is 13.9 Å². The molecule has 142 valence electrons. The lowest BCUT2D eigenvalue weighted by atomic mass is 10.0. The van der Waals surface area contributed by atoms with Crippen LogP contribution >= 0.6 is 0 Å². The van der Waals surface area contributed by atoms with Gasteiger partial charge in [0.05, 0.1) is 26.0 Å². The van der Waals surface area contributed by atoms with Crippen molar-refractivity contribution in [3.8, 4) is 11.4 Å². The third-order valence-electron chi connectivity index (χ3n) is 4.67. The predicted molar refractivity (Wildman–Crippen MR) is 95.9 cm³/mol. The van der Waals surface area contributed by atoms with E-state index in [1.54, 1.807) is 23.4 Å². The number of imidazole rings is 1. The van der Waals surface area contributed by atoms with Crippen LogP contribution in [-0.4, -0.2) is 54.9 Å². The van der Waals surface area contributed by atoms with Gasteiger partial charge in [-0.05, 0) is 6.92 Å². The zero-order valence-corrected chi connectivity index (χ0v) is 15.5. The Balaban J connectivity index is 1.63. The van der Waals surface area contributed by atoms with Crippen LogP contribution in [0.2, 0.25) is 0 Å². The molecule has 3 aromatic heterocycles. The van der Waals surface area contributed by atoms with Crippen molar-refractivity contribution in [2.75, 3.05) is 19.8 Å². The number of rotatable bonds is 6. The van der Waals surface area contributed by atoms with Crippen molar-refractivity contribution in [1.29, 1.82) is 0 Å². The van der Waals surface area contributed by atoms with Gasteiger partial charge in [0.25, 0.3) is 5.91 Å². The lowest BCUT2D eigenvalue weighted by Crippen LogP contribution is -2.36. The van der Waals surface area contributed by atoms with Crippen molar-refractivity contribution >= 4 is 5.91 Å². The summed E-state index contributed by atoms with van der Waals surface area (Å²) < 4.78 is 14.4. The van der Waals surface area contributed by atoms with Gasteiger partial charge in [0.1, 0.15) is 23.3 Å². The fourth-order valence-corrected chi connectivity index (χ4v) is 3.36. The van der Waals surface area contributed by atoms with Gasteiger partial charge in [-0.15, -0.1) is 0 Å². The molecule has 1 aliphatic rings. The summed E-state index contributed by atoms with van der Waals surface area (Å²) in [7, 11) is 1.85. The van der Waals surface area contributed by atoms with E-state index in [0.29, 0.717) is 44.2 Å². The van der Waals surface area contributed by atoms with Crippen LogP contribution in [0, 0.1) is 0 Å². The molecular formula is C18H22N6O3. The Labute approximate surface area is 156 Å². The van der Waals surface area contributed by atoms with Crippen LogP contribution in [0.4, 0.5) is 0 Å². The maximum absolute atomic E-state index is 12.8. The third kappa shape index (κ3) is 3.37. The molecule has 0 unspecified atom stereocenters. The molecule has 1 amide bonds. The van der Waals surface area contributed by atoms with E-state index in [0.717, 1.165) is 23.4 Å². The second-order valence-electron chi connectivity index (χ2n) is 6.47. The van der Waals surface area contributed by atoms with Gasteiger partial charge in [-0.1, -0.05) is 0 Å². The van der Waals surface area contributed by atoms with Gasteiger partial charge in [0.2, 0.25) is 0 Å². The second-order valence-corrected chi connectivity index (χ2v) is 6.47. The number of oxazole rings is 1. The van der Waals surface area contributed by atoms with E-state index >= 15 is 0 Å². The molecule has 3 aromatic rings. The molecule has 4 rings (SSSR count). The van der Waals surface area contributed by atoms with Crippen molar-refractivity contribution in [3.63, 3.8) is 0 Å². The van der Waals surface area contributed by atoms with Crippen LogP contribution in [0.25, 0.3) is 11.4 Å². The number of hydrogen-bond acceptors (Lipinski definition) is 6. The summed E-state index contributed by atoms with van der Waals surface area (Å²) >= 11 is 0. The van der Waals surface area contributed by atoms with Crippen LogP contribution in [0.5, 0.6) is 0 Å². The fraction of sp³-hybridized carbons (Fsp3) is 0.444. The Kier molecular flexibility index (Phi) is 4.76. The van der Waals surface area contributed by atoms with Crippen LogP contribution in [0.1, 0.15) is 28.7 Å². The number of aromatic nitrogens is 5. The van der Waals surface area contributed by atoms with E-state index in [2.05, 4.69) is 9.97 Å². The highest BCUT2D eigenvalue weighted by Crippen LogP contribution is 2.29. The first kappa shape index (κ1) is 17.5. The second kappa shape index (κ2) is 7.36. The van der Waals surface area contributed by atoms with E-state index in [4.69, 9.17) is 14.3 Å².